The minimum Gasteiger partial charge on any atom is -0.324 e. The van der Waals surface area contributed by atoms with Gasteiger partial charge in [0.05, 0.1) is 6.04 Å². The molecular weight excluding hydrogens is 280 g/mol. The van der Waals surface area contributed by atoms with Crippen molar-refractivity contribution in [1.29, 1.82) is 0 Å². The highest BCUT2D eigenvalue weighted by atomic mass is 32.2. The highest BCUT2D eigenvalue weighted by Crippen LogP contribution is 2.23. The summed E-state index contributed by atoms with van der Waals surface area (Å²) in [5.41, 5.74) is 0.876. The van der Waals surface area contributed by atoms with E-state index in [9.17, 15) is 4.79 Å². The highest BCUT2D eigenvalue weighted by Gasteiger charge is 2.16. The van der Waals surface area contributed by atoms with Crippen molar-refractivity contribution in [3.05, 3.63) is 42.5 Å². The molecule has 112 valence electrons. The summed E-state index contributed by atoms with van der Waals surface area (Å²) in [6.45, 7) is 2.13. The summed E-state index contributed by atoms with van der Waals surface area (Å²) < 4.78 is 0. The molecule has 2 aromatic rings. The molecule has 2 aromatic carbocycles. The molecule has 0 radical (unpaired) electrons. The van der Waals surface area contributed by atoms with Crippen LogP contribution in [0.2, 0.25) is 0 Å². The third-order valence-corrected chi connectivity index (χ3v) is 4.40. The van der Waals surface area contributed by atoms with E-state index in [4.69, 9.17) is 0 Å². The number of fused-ring (bicyclic) bond motifs is 1. The normalized spacial score (nSPS) is 12.3. The number of carbonyl (C=O) groups is 1. The van der Waals surface area contributed by atoms with E-state index in [1.807, 2.05) is 49.1 Å². The largest absolute Gasteiger partial charge is 0.324 e. The molecule has 0 saturated carbocycles. The summed E-state index contributed by atoms with van der Waals surface area (Å²) in [5.74, 6) is 2.11. The van der Waals surface area contributed by atoms with E-state index >= 15 is 0 Å². The summed E-state index contributed by atoms with van der Waals surface area (Å²) in [7, 11) is 1.84. The Kier molecular flexibility index (Phi) is 6.08. The van der Waals surface area contributed by atoms with Crippen LogP contribution in [0.5, 0.6) is 0 Å². The summed E-state index contributed by atoms with van der Waals surface area (Å²) in [6, 6.07) is 13.9. The second-order valence-corrected chi connectivity index (χ2v) is 6.24. The van der Waals surface area contributed by atoms with Gasteiger partial charge in [0, 0.05) is 11.1 Å². The van der Waals surface area contributed by atoms with Crippen molar-refractivity contribution in [1.82, 2.24) is 5.32 Å². The third-order valence-electron chi connectivity index (χ3n) is 3.47. The van der Waals surface area contributed by atoms with Gasteiger partial charge in [-0.1, -0.05) is 43.3 Å². The average molecular weight is 302 g/mol. The lowest BCUT2D eigenvalue weighted by atomic mass is 10.1. The number of carbonyl (C=O) groups excluding carboxylic acids is 1. The van der Waals surface area contributed by atoms with Crippen molar-refractivity contribution in [2.75, 3.05) is 23.9 Å². The number of rotatable bonds is 7. The molecule has 0 fully saturated rings. The zero-order chi connectivity index (χ0) is 15.1. The van der Waals surface area contributed by atoms with E-state index in [1.54, 1.807) is 0 Å². The van der Waals surface area contributed by atoms with Gasteiger partial charge in [-0.2, -0.15) is 11.8 Å². The maximum Gasteiger partial charge on any atom is 0.241 e. The lowest BCUT2D eigenvalue weighted by Gasteiger charge is -2.16. The first-order chi connectivity index (χ1) is 10.3. The number of anilines is 1. The molecule has 1 atom stereocenters. The number of amides is 1. The Morgan fingerprint density at radius 3 is 2.71 bits per heavy atom. The number of hydrogen-bond acceptors (Lipinski definition) is 3. The topological polar surface area (TPSA) is 41.1 Å². The molecular formula is C17H22N2OS. The van der Waals surface area contributed by atoms with Crippen molar-refractivity contribution >= 4 is 34.1 Å². The molecule has 0 aromatic heterocycles. The number of benzene rings is 2. The van der Waals surface area contributed by atoms with Crippen molar-refractivity contribution in [2.24, 2.45) is 0 Å². The van der Waals surface area contributed by atoms with Gasteiger partial charge in [-0.05, 0) is 36.4 Å². The van der Waals surface area contributed by atoms with Crippen LogP contribution in [0.15, 0.2) is 42.5 Å². The third kappa shape index (κ3) is 4.22. The molecule has 3 nitrogen and oxygen atoms in total. The Balaban J connectivity index is 2.09. The molecule has 0 aliphatic heterocycles. The molecule has 0 aliphatic carbocycles. The summed E-state index contributed by atoms with van der Waals surface area (Å²) in [6.07, 6.45) is 0.839. The van der Waals surface area contributed by atoms with Crippen LogP contribution in [0.25, 0.3) is 10.8 Å². The summed E-state index contributed by atoms with van der Waals surface area (Å²) in [5, 5.41) is 8.37. The van der Waals surface area contributed by atoms with Gasteiger partial charge in [0.15, 0.2) is 0 Å². The van der Waals surface area contributed by atoms with Crippen LogP contribution in [-0.4, -0.2) is 30.5 Å². The predicted octanol–water partition coefficient (Wildman–Crippen LogP) is 3.51. The fourth-order valence-corrected chi connectivity index (χ4v) is 3.00. The number of nitrogens with one attached hydrogen (secondary N) is 2. The fourth-order valence-electron chi connectivity index (χ4n) is 2.31. The first kappa shape index (κ1) is 15.9. The number of hydrogen-bond donors (Lipinski definition) is 2. The molecule has 4 heteroatoms. The Bertz CT molecular complexity index is 595. The van der Waals surface area contributed by atoms with Crippen LogP contribution >= 0.6 is 11.8 Å². The standard InChI is InChI=1S/C17H22N2OS/c1-3-21-12-11-16(18-2)17(20)19-15-10-6-8-13-7-4-5-9-14(13)15/h4-10,16,18H,3,11-12H2,1-2H3,(H,19,20)/t16-/m0/s1. The Morgan fingerprint density at radius 2 is 1.95 bits per heavy atom. The molecule has 0 heterocycles. The van der Waals surface area contributed by atoms with Gasteiger partial charge < -0.3 is 10.6 Å². The first-order valence-electron chi connectivity index (χ1n) is 7.30. The molecule has 0 bridgehead atoms. The lowest BCUT2D eigenvalue weighted by Crippen LogP contribution is -2.38. The first-order valence-corrected chi connectivity index (χ1v) is 8.45. The molecule has 21 heavy (non-hydrogen) atoms. The number of likely N-dealkylation sites (N-methyl/N-ethyl adjacent to an activating group) is 1. The molecule has 0 aliphatic rings. The summed E-state index contributed by atoms with van der Waals surface area (Å²) in [4.78, 5) is 12.4. The average Bonchev–Trinajstić information content (AvgIpc) is 2.52. The van der Waals surface area contributed by atoms with E-state index in [-0.39, 0.29) is 11.9 Å². The van der Waals surface area contributed by atoms with Crippen LogP contribution in [-0.2, 0) is 4.79 Å². The number of thioether (sulfide) groups is 1. The molecule has 0 saturated heterocycles. The van der Waals surface area contributed by atoms with Gasteiger partial charge in [0.1, 0.15) is 0 Å². The highest BCUT2D eigenvalue weighted by molar-refractivity contribution is 7.99. The van der Waals surface area contributed by atoms with Crippen LogP contribution in [0.3, 0.4) is 0 Å². The van der Waals surface area contributed by atoms with Gasteiger partial charge in [-0.25, -0.2) is 0 Å². The van der Waals surface area contributed by atoms with Crippen LogP contribution < -0.4 is 10.6 Å². The van der Waals surface area contributed by atoms with Gasteiger partial charge in [0.25, 0.3) is 0 Å². The molecule has 0 spiro atoms. The van der Waals surface area contributed by atoms with Crippen LogP contribution in [0, 0.1) is 0 Å². The second kappa shape index (κ2) is 8.05. The second-order valence-electron chi connectivity index (χ2n) is 4.84. The van der Waals surface area contributed by atoms with Crippen LogP contribution in [0.4, 0.5) is 5.69 Å². The summed E-state index contributed by atoms with van der Waals surface area (Å²) >= 11 is 1.86. The molecule has 0 unspecified atom stereocenters. The van der Waals surface area contributed by atoms with Gasteiger partial charge in [0.2, 0.25) is 5.91 Å². The molecule has 1 amide bonds. The Hall–Kier alpha value is -1.52. The van der Waals surface area contributed by atoms with E-state index in [1.165, 1.54) is 0 Å². The lowest BCUT2D eigenvalue weighted by molar-refractivity contribution is -0.118. The van der Waals surface area contributed by atoms with E-state index in [0.29, 0.717) is 0 Å². The van der Waals surface area contributed by atoms with Crippen molar-refractivity contribution in [3.63, 3.8) is 0 Å². The zero-order valence-corrected chi connectivity index (χ0v) is 13.4. The maximum absolute atomic E-state index is 12.4. The maximum atomic E-state index is 12.4. The SMILES string of the molecule is CCSCC[C@H](NC)C(=O)Nc1cccc2ccccc12. The minimum atomic E-state index is -0.150. The smallest absolute Gasteiger partial charge is 0.241 e. The van der Waals surface area contributed by atoms with Crippen molar-refractivity contribution < 1.29 is 4.79 Å². The van der Waals surface area contributed by atoms with Crippen molar-refractivity contribution in [2.45, 2.75) is 19.4 Å². The zero-order valence-electron chi connectivity index (χ0n) is 12.6. The minimum absolute atomic E-state index is 0.0329. The Labute approximate surface area is 130 Å². The van der Waals surface area contributed by atoms with E-state index < -0.39 is 0 Å². The van der Waals surface area contributed by atoms with Crippen molar-refractivity contribution in [3.8, 4) is 0 Å². The van der Waals surface area contributed by atoms with Gasteiger partial charge in [-0.3, -0.25) is 4.79 Å². The van der Waals surface area contributed by atoms with Gasteiger partial charge >= 0.3 is 0 Å². The Morgan fingerprint density at radius 1 is 1.19 bits per heavy atom. The van der Waals surface area contributed by atoms with E-state index in [2.05, 4.69) is 29.7 Å². The van der Waals surface area contributed by atoms with Crippen LogP contribution in [0.1, 0.15) is 13.3 Å². The monoisotopic (exact) mass is 302 g/mol. The molecule has 2 rings (SSSR count). The quantitative estimate of drug-likeness (QED) is 0.769. The fraction of sp³-hybridized carbons (Fsp3) is 0.353. The van der Waals surface area contributed by atoms with E-state index in [0.717, 1.165) is 34.4 Å². The van der Waals surface area contributed by atoms with Gasteiger partial charge in [-0.15, -0.1) is 0 Å². The predicted molar refractivity (Wildman–Crippen MR) is 93.0 cm³/mol. The molecule has 2 N–H and O–H groups in total.